The number of benzene rings is 2. The van der Waals surface area contributed by atoms with Gasteiger partial charge in [-0.05, 0) is 31.5 Å². The maximum absolute atomic E-state index is 13.0. The van der Waals surface area contributed by atoms with E-state index in [2.05, 4.69) is 0 Å². The predicted molar refractivity (Wildman–Crippen MR) is 102 cm³/mol. The fourth-order valence-corrected chi connectivity index (χ4v) is 3.45. The average molecular weight is 384 g/mol. The molecular formula is C21H20O7. The summed E-state index contributed by atoms with van der Waals surface area (Å²) in [7, 11) is 1.50. The molecule has 0 saturated heterocycles. The lowest BCUT2D eigenvalue weighted by atomic mass is 9.95. The summed E-state index contributed by atoms with van der Waals surface area (Å²) in [6.45, 7) is 3.35. The molecule has 7 heteroatoms. The van der Waals surface area contributed by atoms with Crippen LogP contribution in [-0.4, -0.2) is 34.1 Å². The third-order valence-corrected chi connectivity index (χ3v) is 4.96. The molecule has 1 aliphatic heterocycles. The summed E-state index contributed by atoms with van der Waals surface area (Å²) < 4.78 is 16.8. The van der Waals surface area contributed by atoms with Crippen LogP contribution >= 0.6 is 0 Å². The minimum absolute atomic E-state index is 0.0135. The molecule has 0 fully saturated rings. The Labute approximate surface area is 160 Å². The van der Waals surface area contributed by atoms with Gasteiger partial charge < -0.3 is 29.2 Å². The van der Waals surface area contributed by atoms with E-state index < -0.39 is 17.1 Å². The first-order valence-electron chi connectivity index (χ1n) is 8.77. The van der Waals surface area contributed by atoms with E-state index in [0.29, 0.717) is 23.5 Å². The molecule has 0 saturated carbocycles. The Morgan fingerprint density at radius 2 is 1.93 bits per heavy atom. The highest BCUT2D eigenvalue weighted by molar-refractivity contribution is 5.88. The van der Waals surface area contributed by atoms with Crippen molar-refractivity contribution >= 4 is 11.0 Å². The average Bonchev–Trinajstić information content (AvgIpc) is 3.05. The van der Waals surface area contributed by atoms with Gasteiger partial charge in [-0.2, -0.15) is 0 Å². The second kappa shape index (κ2) is 6.17. The number of hydrogen-bond donors (Lipinski definition) is 3. The molecule has 4 rings (SSSR count). The maximum Gasteiger partial charge on any atom is 0.204 e. The summed E-state index contributed by atoms with van der Waals surface area (Å²) >= 11 is 0. The number of hydrogen-bond acceptors (Lipinski definition) is 7. The summed E-state index contributed by atoms with van der Waals surface area (Å²) in [5.41, 5.74) is 0.194. The van der Waals surface area contributed by atoms with Crippen molar-refractivity contribution in [2.24, 2.45) is 0 Å². The minimum atomic E-state index is -1.04. The number of fused-ring (bicyclic) bond motifs is 2. The van der Waals surface area contributed by atoms with E-state index in [1.807, 2.05) is 0 Å². The molecule has 1 aliphatic rings. The molecule has 2 aromatic carbocycles. The molecule has 2 heterocycles. The van der Waals surface area contributed by atoms with Crippen LogP contribution in [0, 0.1) is 0 Å². The van der Waals surface area contributed by atoms with Gasteiger partial charge in [0.25, 0.3) is 0 Å². The summed E-state index contributed by atoms with van der Waals surface area (Å²) in [6.07, 6.45) is 1.31. The fourth-order valence-electron chi connectivity index (χ4n) is 3.45. The van der Waals surface area contributed by atoms with Crippen molar-refractivity contribution in [1.82, 2.24) is 0 Å². The molecule has 146 valence electrons. The molecule has 7 nitrogen and oxygen atoms in total. The number of phenols is 2. The topological polar surface area (TPSA) is 109 Å². The lowest BCUT2D eigenvalue weighted by molar-refractivity contribution is -0.0235. The quantitative estimate of drug-likeness (QED) is 0.637. The fraction of sp³-hybridized carbons (Fsp3) is 0.286. The number of aromatic hydroxyl groups is 2. The molecule has 3 aromatic rings. The minimum Gasteiger partial charge on any atom is -0.508 e. The van der Waals surface area contributed by atoms with Gasteiger partial charge in [-0.25, -0.2) is 0 Å². The number of methoxy groups -OCH3 is 1. The normalized spacial score (nSPS) is 16.1. The molecule has 0 radical (unpaired) electrons. The smallest absolute Gasteiger partial charge is 0.204 e. The lowest BCUT2D eigenvalue weighted by Gasteiger charge is -2.24. The molecule has 1 aromatic heterocycles. The molecule has 1 atom stereocenters. The summed E-state index contributed by atoms with van der Waals surface area (Å²) in [4.78, 5) is 13.0. The van der Waals surface area contributed by atoms with Gasteiger partial charge in [0.15, 0.2) is 11.5 Å². The van der Waals surface area contributed by atoms with E-state index in [-0.39, 0.29) is 28.0 Å². The van der Waals surface area contributed by atoms with Gasteiger partial charge in [-0.15, -0.1) is 0 Å². The third-order valence-electron chi connectivity index (χ3n) is 4.96. The summed E-state index contributed by atoms with van der Waals surface area (Å²) in [5.74, 6) is 0.420. The molecular weight excluding hydrogens is 364 g/mol. The zero-order chi connectivity index (χ0) is 20.2. The van der Waals surface area contributed by atoms with Gasteiger partial charge in [0, 0.05) is 24.1 Å². The molecule has 3 N–H and O–H groups in total. The summed E-state index contributed by atoms with van der Waals surface area (Å²) in [6, 6.07) is 5.81. The first kappa shape index (κ1) is 18.2. The van der Waals surface area contributed by atoms with E-state index in [1.54, 1.807) is 26.0 Å². The van der Waals surface area contributed by atoms with Crippen molar-refractivity contribution in [2.45, 2.75) is 32.0 Å². The van der Waals surface area contributed by atoms with E-state index >= 15 is 0 Å². The van der Waals surface area contributed by atoms with Gasteiger partial charge in [0.1, 0.15) is 34.8 Å². The lowest BCUT2D eigenvalue weighted by Crippen LogP contribution is -2.39. The Balaban J connectivity index is 1.88. The van der Waals surface area contributed by atoms with Crippen LogP contribution in [0.3, 0.4) is 0 Å². The molecule has 0 unspecified atom stereocenters. The van der Waals surface area contributed by atoms with Crippen LogP contribution in [0.1, 0.15) is 19.4 Å². The van der Waals surface area contributed by atoms with Crippen molar-refractivity contribution in [3.63, 3.8) is 0 Å². The highest BCUT2D eigenvalue weighted by Crippen LogP contribution is 2.43. The predicted octanol–water partition coefficient (Wildman–Crippen LogP) is 2.95. The van der Waals surface area contributed by atoms with Crippen molar-refractivity contribution in [2.75, 3.05) is 7.11 Å². The number of ether oxygens (including phenoxy) is 2. The van der Waals surface area contributed by atoms with E-state index in [1.165, 1.54) is 19.4 Å². The van der Waals surface area contributed by atoms with Gasteiger partial charge >= 0.3 is 0 Å². The van der Waals surface area contributed by atoms with E-state index in [0.717, 1.165) is 11.6 Å². The van der Waals surface area contributed by atoms with Crippen LogP contribution < -0.4 is 14.9 Å². The Bertz CT molecular complexity index is 1140. The van der Waals surface area contributed by atoms with Crippen molar-refractivity contribution < 1.29 is 29.2 Å². The Morgan fingerprint density at radius 3 is 2.61 bits per heavy atom. The van der Waals surface area contributed by atoms with Crippen LogP contribution in [0.15, 0.2) is 39.7 Å². The number of aliphatic hydroxyl groups is 1. The van der Waals surface area contributed by atoms with Gasteiger partial charge in [0.05, 0.1) is 18.3 Å². The monoisotopic (exact) mass is 384 g/mol. The molecule has 0 amide bonds. The highest BCUT2D eigenvalue weighted by Gasteiger charge is 2.36. The maximum atomic E-state index is 13.0. The summed E-state index contributed by atoms with van der Waals surface area (Å²) in [5, 5.41) is 29.9. The first-order valence-corrected chi connectivity index (χ1v) is 8.77. The zero-order valence-electron chi connectivity index (χ0n) is 15.6. The van der Waals surface area contributed by atoms with Crippen LogP contribution in [-0.2, 0) is 6.42 Å². The molecule has 0 aliphatic carbocycles. The zero-order valence-corrected chi connectivity index (χ0v) is 15.6. The van der Waals surface area contributed by atoms with Crippen LogP contribution in [0.2, 0.25) is 0 Å². The van der Waals surface area contributed by atoms with E-state index in [4.69, 9.17) is 13.9 Å². The van der Waals surface area contributed by atoms with E-state index in [9.17, 15) is 20.1 Å². The Morgan fingerprint density at radius 1 is 1.18 bits per heavy atom. The largest absolute Gasteiger partial charge is 0.508 e. The van der Waals surface area contributed by atoms with Crippen LogP contribution in [0.5, 0.6) is 23.0 Å². The van der Waals surface area contributed by atoms with Crippen molar-refractivity contribution in [3.05, 3.63) is 46.3 Å². The first-order chi connectivity index (χ1) is 13.2. The second-order valence-corrected chi connectivity index (χ2v) is 7.45. The second-order valence-electron chi connectivity index (χ2n) is 7.45. The molecule has 28 heavy (non-hydrogen) atoms. The van der Waals surface area contributed by atoms with Crippen molar-refractivity contribution in [1.29, 1.82) is 0 Å². The van der Waals surface area contributed by atoms with Crippen molar-refractivity contribution in [3.8, 4) is 34.1 Å². The number of rotatable bonds is 3. The molecule has 0 spiro atoms. The molecule has 0 bridgehead atoms. The van der Waals surface area contributed by atoms with Gasteiger partial charge in [-0.3, -0.25) is 4.79 Å². The highest BCUT2D eigenvalue weighted by atomic mass is 16.5. The Kier molecular flexibility index (Phi) is 4.01. The van der Waals surface area contributed by atoms with Crippen LogP contribution in [0.4, 0.5) is 0 Å². The SMILES string of the molecule is COc1cc(-c2coc3cc(O)cc(O)c3c2=O)cc2c1O[C@H](C(C)(C)O)C2. The van der Waals surface area contributed by atoms with Crippen LogP contribution in [0.25, 0.3) is 22.1 Å². The standard InChI is InChI=1S/C21H20O7/c1-21(2,25)17-6-11-4-10(5-16(26-3)20(11)28-17)13-9-27-15-8-12(22)7-14(23)18(15)19(13)24/h4-5,7-9,17,22-23,25H,6H2,1-3H3/t17-/m0/s1. The van der Waals surface area contributed by atoms with Gasteiger partial charge in [0.2, 0.25) is 5.43 Å². The van der Waals surface area contributed by atoms with Gasteiger partial charge in [-0.1, -0.05) is 0 Å². The Hall–Kier alpha value is -3.19. The third kappa shape index (κ3) is 2.84. The number of phenolic OH excluding ortho intramolecular Hbond substituents is 2.